The topological polar surface area (TPSA) is 73.9 Å². The molecule has 0 atom stereocenters. The average molecular weight is 385 g/mol. The molecule has 0 aliphatic carbocycles. The number of likely N-dealkylation sites (N-methyl/N-ethyl adjacent to an activating group) is 1. The molecule has 26 heavy (non-hydrogen) atoms. The molecule has 1 fully saturated rings. The number of anilines is 1. The maximum atomic E-state index is 12.2. The van der Waals surface area contributed by atoms with Crippen molar-refractivity contribution in [2.24, 2.45) is 0 Å². The van der Waals surface area contributed by atoms with Crippen LogP contribution in [0.4, 0.5) is 5.69 Å². The fourth-order valence-electron chi connectivity index (χ4n) is 2.78. The van der Waals surface area contributed by atoms with Crippen molar-refractivity contribution < 1.29 is 14.3 Å². The number of nitrogens with zero attached hydrogens (tertiary/aromatic N) is 2. The molecule has 1 heterocycles. The Balaban J connectivity index is 0.00000338. The number of piperazine rings is 1. The number of amides is 2. The van der Waals surface area contributed by atoms with E-state index in [1.54, 1.807) is 13.2 Å². The molecule has 0 spiro atoms. The summed E-state index contributed by atoms with van der Waals surface area (Å²) in [6.07, 6.45) is 0.445. The fourth-order valence-corrected chi connectivity index (χ4v) is 2.78. The average Bonchev–Trinajstić information content (AvgIpc) is 2.65. The monoisotopic (exact) mass is 384 g/mol. The molecule has 7 nitrogen and oxygen atoms in total. The molecule has 1 aromatic carbocycles. The van der Waals surface area contributed by atoms with Gasteiger partial charge in [-0.2, -0.15) is 0 Å². The Bertz CT molecular complexity index is 579. The highest BCUT2D eigenvalue weighted by molar-refractivity contribution is 5.92. The quantitative estimate of drug-likeness (QED) is 0.704. The minimum absolute atomic E-state index is 0. The highest BCUT2D eigenvalue weighted by Crippen LogP contribution is 2.16. The molecule has 1 aromatic rings. The van der Waals surface area contributed by atoms with Crippen molar-refractivity contribution in [2.45, 2.75) is 13.3 Å². The van der Waals surface area contributed by atoms with Crippen LogP contribution in [0.2, 0.25) is 0 Å². The van der Waals surface area contributed by atoms with Crippen LogP contribution in [0.1, 0.15) is 13.3 Å². The van der Waals surface area contributed by atoms with Crippen LogP contribution < -0.4 is 15.4 Å². The van der Waals surface area contributed by atoms with E-state index in [4.69, 9.17) is 4.74 Å². The number of nitrogens with one attached hydrogen (secondary N) is 2. The second-order valence-electron chi connectivity index (χ2n) is 6.03. The van der Waals surface area contributed by atoms with Gasteiger partial charge in [0, 0.05) is 50.9 Å². The van der Waals surface area contributed by atoms with E-state index in [9.17, 15) is 9.59 Å². The molecular weight excluding hydrogens is 356 g/mol. The van der Waals surface area contributed by atoms with Crippen LogP contribution in [0, 0.1) is 0 Å². The van der Waals surface area contributed by atoms with Gasteiger partial charge in [0.15, 0.2) is 0 Å². The number of carbonyl (C=O) groups is 2. The summed E-state index contributed by atoms with van der Waals surface area (Å²) in [4.78, 5) is 28.3. The predicted molar refractivity (Wildman–Crippen MR) is 105 cm³/mol. The Morgan fingerprint density at radius 3 is 2.69 bits per heavy atom. The van der Waals surface area contributed by atoms with Crippen LogP contribution >= 0.6 is 12.4 Å². The molecule has 0 bridgehead atoms. The number of ether oxygens (including phenoxy) is 1. The van der Waals surface area contributed by atoms with Crippen LogP contribution in [0.3, 0.4) is 0 Å². The summed E-state index contributed by atoms with van der Waals surface area (Å²) in [7, 11) is 1.59. The maximum Gasteiger partial charge on any atom is 0.238 e. The highest BCUT2D eigenvalue weighted by Gasteiger charge is 2.17. The van der Waals surface area contributed by atoms with Gasteiger partial charge in [0.05, 0.1) is 13.7 Å². The Morgan fingerprint density at radius 1 is 1.31 bits per heavy atom. The van der Waals surface area contributed by atoms with Crippen molar-refractivity contribution in [3.8, 4) is 5.75 Å². The van der Waals surface area contributed by atoms with Crippen LogP contribution in [-0.4, -0.2) is 74.5 Å². The Labute approximate surface area is 161 Å². The van der Waals surface area contributed by atoms with Gasteiger partial charge in [-0.1, -0.05) is 13.0 Å². The summed E-state index contributed by atoms with van der Waals surface area (Å²) in [5.74, 6) is 0.768. The zero-order valence-corrected chi connectivity index (χ0v) is 16.3. The summed E-state index contributed by atoms with van der Waals surface area (Å²) in [5, 5.41) is 6.11. The van der Waals surface area contributed by atoms with Crippen molar-refractivity contribution in [3.63, 3.8) is 0 Å². The third-order valence-electron chi connectivity index (χ3n) is 4.28. The lowest BCUT2D eigenvalue weighted by Crippen LogP contribution is -2.47. The SMILES string of the molecule is CCN(CCC(=O)N1CCNCC1)CC(=O)Nc1cccc(OC)c1.Cl. The molecule has 0 aromatic heterocycles. The molecule has 146 valence electrons. The lowest BCUT2D eigenvalue weighted by Gasteiger charge is -2.28. The molecular formula is C18H29ClN4O3. The number of rotatable bonds is 8. The second kappa shape index (κ2) is 11.7. The first-order chi connectivity index (χ1) is 12.1. The van der Waals surface area contributed by atoms with E-state index in [-0.39, 0.29) is 30.8 Å². The minimum atomic E-state index is -0.0928. The molecule has 1 aliphatic rings. The van der Waals surface area contributed by atoms with Gasteiger partial charge in [-0.05, 0) is 18.7 Å². The van der Waals surface area contributed by atoms with Crippen LogP contribution in [0.25, 0.3) is 0 Å². The molecule has 0 unspecified atom stereocenters. The van der Waals surface area contributed by atoms with E-state index in [0.717, 1.165) is 32.7 Å². The van der Waals surface area contributed by atoms with Crippen molar-refractivity contribution in [3.05, 3.63) is 24.3 Å². The molecule has 2 rings (SSSR count). The molecule has 0 saturated carbocycles. The zero-order chi connectivity index (χ0) is 18.1. The van der Waals surface area contributed by atoms with Crippen LogP contribution in [0.15, 0.2) is 24.3 Å². The van der Waals surface area contributed by atoms with Gasteiger partial charge in [-0.15, -0.1) is 12.4 Å². The fraction of sp³-hybridized carbons (Fsp3) is 0.556. The largest absolute Gasteiger partial charge is 0.497 e. The van der Waals surface area contributed by atoms with Crippen LogP contribution in [-0.2, 0) is 9.59 Å². The van der Waals surface area contributed by atoms with Crippen molar-refractivity contribution in [2.75, 3.05) is 58.2 Å². The standard InChI is InChI=1S/C18H28N4O3.ClH/c1-3-21(10-7-18(24)22-11-8-19-9-12-22)14-17(23)20-15-5-4-6-16(13-15)25-2;/h4-6,13,19H,3,7-12,14H2,1-2H3,(H,20,23);1H. The molecule has 1 aliphatic heterocycles. The summed E-state index contributed by atoms with van der Waals surface area (Å²) in [6.45, 7) is 6.81. The van der Waals surface area contributed by atoms with Gasteiger partial charge >= 0.3 is 0 Å². The molecule has 2 amide bonds. The first-order valence-corrected chi connectivity index (χ1v) is 8.77. The number of benzene rings is 1. The third-order valence-corrected chi connectivity index (χ3v) is 4.28. The summed E-state index contributed by atoms with van der Waals surface area (Å²) in [5.41, 5.74) is 0.706. The van der Waals surface area contributed by atoms with E-state index >= 15 is 0 Å². The lowest BCUT2D eigenvalue weighted by molar-refractivity contribution is -0.132. The normalized spacial score (nSPS) is 13.9. The zero-order valence-electron chi connectivity index (χ0n) is 15.5. The first kappa shape index (κ1) is 22.2. The summed E-state index contributed by atoms with van der Waals surface area (Å²) >= 11 is 0. The third kappa shape index (κ3) is 7.19. The first-order valence-electron chi connectivity index (χ1n) is 8.77. The van der Waals surface area contributed by atoms with Crippen molar-refractivity contribution in [1.29, 1.82) is 0 Å². The summed E-state index contributed by atoms with van der Waals surface area (Å²) < 4.78 is 5.15. The molecule has 1 saturated heterocycles. The number of carbonyl (C=O) groups excluding carboxylic acids is 2. The molecule has 0 radical (unpaired) electrons. The van der Waals surface area contributed by atoms with E-state index in [1.165, 1.54) is 0 Å². The van der Waals surface area contributed by atoms with Crippen molar-refractivity contribution in [1.82, 2.24) is 15.1 Å². The number of methoxy groups -OCH3 is 1. The number of hydrogen-bond donors (Lipinski definition) is 2. The smallest absolute Gasteiger partial charge is 0.238 e. The maximum absolute atomic E-state index is 12.2. The molecule has 2 N–H and O–H groups in total. The van der Waals surface area contributed by atoms with Crippen LogP contribution in [0.5, 0.6) is 5.75 Å². The van der Waals surface area contributed by atoms with Gasteiger partial charge in [0.25, 0.3) is 0 Å². The Hall–Kier alpha value is -1.83. The molecule has 8 heteroatoms. The minimum Gasteiger partial charge on any atom is -0.497 e. The van der Waals surface area contributed by atoms with Crippen molar-refractivity contribution >= 4 is 29.9 Å². The lowest BCUT2D eigenvalue weighted by atomic mass is 10.2. The Morgan fingerprint density at radius 2 is 2.04 bits per heavy atom. The van der Waals surface area contributed by atoms with Gasteiger partial charge in [-0.3, -0.25) is 14.5 Å². The highest BCUT2D eigenvalue weighted by atomic mass is 35.5. The van der Waals surface area contributed by atoms with Gasteiger partial charge in [-0.25, -0.2) is 0 Å². The Kier molecular flexibility index (Phi) is 10.0. The summed E-state index contributed by atoms with van der Waals surface area (Å²) in [6, 6.07) is 7.26. The number of halogens is 1. The van der Waals surface area contributed by atoms with E-state index in [1.807, 2.05) is 34.9 Å². The van der Waals surface area contributed by atoms with Gasteiger partial charge in [0.2, 0.25) is 11.8 Å². The van der Waals surface area contributed by atoms with E-state index < -0.39 is 0 Å². The second-order valence-corrected chi connectivity index (χ2v) is 6.03. The predicted octanol–water partition coefficient (Wildman–Crippen LogP) is 1.20. The number of hydrogen-bond acceptors (Lipinski definition) is 5. The van der Waals surface area contributed by atoms with E-state index in [0.29, 0.717) is 24.4 Å². The van der Waals surface area contributed by atoms with Gasteiger partial charge in [0.1, 0.15) is 5.75 Å². The van der Waals surface area contributed by atoms with Gasteiger partial charge < -0.3 is 20.3 Å². The van der Waals surface area contributed by atoms with E-state index in [2.05, 4.69) is 10.6 Å².